The smallest absolute Gasteiger partial charge is 0.407 e. The minimum absolute atomic E-state index is 0.0562. The summed E-state index contributed by atoms with van der Waals surface area (Å²) in [6.45, 7) is 3.85. The first kappa shape index (κ1) is 12.4. The van der Waals surface area contributed by atoms with Crippen molar-refractivity contribution in [1.29, 1.82) is 0 Å². The van der Waals surface area contributed by atoms with E-state index in [1.54, 1.807) is 4.90 Å². The lowest BCUT2D eigenvalue weighted by molar-refractivity contribution is 0.112. The van der Waals surface area contributed by atoms with Crippen LogP contribution in [0.15, 0.2) is 18.2 Å². The van der Waals surface area contributed by atoms with Crippen LogP contribution in [0, 0.1) is 0 Å². The molecule has 0 saturated carbocycles. The third kappa shape index (κ3) is 2.31. The fourth-order valence-electron chi connectivity index (χ4n) is 3.08. The molecule has 102 valence electrons. The van der Waals surface area contributed by atoms with Crippen LogP contribution in [-0.4, -0.2) is 42.3 Å². The van der Waals surface area contributed by atoms with Crippen LogP contribution in [0.4, 0.5) is 4.79 Å². The van der Waals surface area contributed by atoms with E-state index in [4.69, 9.17) is 0 Å². The molecular formula is C14H19N3O2. The summed E-state index contributed by atoms with van der Waals surface area (Å²) in [5, 5.41) is 16.0. The Kier molecular flexibility index (Phi) is 3.40. The fraction of sp³-hybridized carbons (Fsp3) is 0.500. The van der Waals surface area contributed by atoms with Gasteiger partial charge in [-0.25, -0.2) is 4.79 Å². The average molecular weight is 261 g/mol. The molecule has 1 fully saturated rings. The second-order valence-corrected chi connectivity index (χ2v) is 5.11. The van der Waals surface area contributed by atoms with E-state index in [1.165, 1.54) is 16.7 Å². The number of nitrogens with one attached hydrogen (secondary N) is 2. The van der Waals surface area contributed by atoms with Crippen molar-refractivity contribution >= 4 is 6.09 Å². The number of nitrogens with zero attached hydrogens (tertiary/aromatic N) is 1. The van der Waals surface area contributed by atoms with Gasteiger partial charge in [0.25, 0.3) is 0 Å². The molecule has 1 atom stereocenters. The van der Waals surface area contributed by atoms with E-state index in [0.717, 1.165) is 26.1 Å². The second-order valence-electron chi connectivity index (χ2n) is 5.11. The zero-order valence-electron chi connectivity index (χ0n) is 10.9. The first-order valence-electron chi connectivity index (χ1n) is 6.79. The number of rotatable bonds is 1. The molecule has 3 rings (SSSR count). The van der Waals surface area contributed by atoms with Crippen LogP contribution in [0.5, 0.6) is 0 Å². The minimum atomic E-state index is -0.821. The number of fused-ring (bicyclic) bond motifs is 1. The van der Waals surface area contributed by atoms with E-state index in [1.807, 2.05) is 6.07 Å². The molecule has 5 nitrogen and oxygen atoms in total. The van der Waals surface area contributed by atoms with Gasteiger partial charge in [-0.2, -0.15) is 0 Å². The minimum Gasteiger partial charge on any atom is -0.465 e. The van der Waals surface area contributed by atoms with Crippen LogP contribution >= 0.6 is 0 Å². The molecular weight excluding hydrogens is 242 g/mol. The van der Waals surface area contributed by atoms with E-state index in [9.17, 15) is 9.90 Å². The molecule has 0 spiro atoms. The van der Waals surface area contributed by atoms with Gasteiger partial charge in [0.15, 0.2) is 0 Å². The van der Waals surface area contributed by atoms with Gasteiger partial charge in [0.05, 0.1) is 6.04 Å². The summed E-state index contributed by atoms with van der Waals surface area (Å²) in [4.78, 5) is 13.0. The molecule has 2 heterocycles. The number of carbonyl (C=O) groups is 1. The van der Waals surface area contributed by atoms with Crippen molar-refractivity contribution in [3.05, 3.63) is 34.9 Å². The normalized spacial score (nSPS) is 22.9. The van der Waals surface area contributed by atoms with E-state index < -0.39 is 6.09 Å². The highest BCUT2D eigenvalue weighted by Gasteiger charge is 2.30. The molecule has 1 aromatic carbocycles. The van der Waals surface area contributed by atoms with Gasteiger partial charge in [-0.05, 0) is 29.7 Å². The molecule has 3 N–H and O–H groups in total. The lowest BCUT2D eigenvalue weighted by atomic mass is 9.90. The summed E-state index contributed by atoms with van der Waals surface area (Å²) >= 11 is 0. The van der Waals surface area contributed by atoms with Gasteiger partial charge in [0, 0.05) is 26.2 Å². The number of amides is 1. The Labute approximate surface area is 112 Å². The summed E-state index contributed by atoms with van der Waals surface area (Å²) in [5.41, 5.74) is 3.81. The molecule has 0 aromatic heterocycles. The Balaban J connectivity index is 1.98. The SMILES string of the molecule is O=C(O)N1CCNCC1c1cccc2c1CCNC2. The molecule has 0 aliphatic carbocycles. The van der Waals surface area contributed by atoms with E-state index in [-0.39, 0.29) is 6.04 Å². The van der Waals surface area contributed by atoms with Gasteiger partial charge in [0.1, 0.15) is 0 Å². The molecule has 1 amide bonds. The highest BCUT2D eigenvalue weighted by atomic mass is 16.4. The predicted molar refractivity (Wildman–Crippen MR) is 72.2 cm³/mol. The third-order valence-electron chi connectivity index (χ3n) is 4.02. The first-order chi connectivity index (χ1) is 9.27. The van der Waals surface area contributed by atoms with Gasteiger partial charge in [-0.1, -0.05) is 18.2 Å². The van der Waals surface area contributed by atoms with Crippen molar-refractivity contribution in [2.24, 2.45) is 0 Å². The Morgan fingerprint density at radius 3 is 3.05 bits per heavy atom. The van der Waals surface area contributed by atoms with Crippen LogP contribution in [0.1, 0.15) is 22.7 Å². The maximum absolute atomic E-state index is 11.4. The number of hydrogen-bond acceptors (Lipinski definition) is 3. The van der Waals surface area contributed by atoms with Crippen LogP contribution in [0.3, 0.4) is 0 Å². The van der Waals surface area contributed by atoms with E-state index in [0.29, 0.717) is 13.1 Å². The summed E-state index contributed by atoms with van der Waals surface area (Å²) in [7, 11) is 0. The lowest BCUT2D eigenvalue weighted by Gasteiger charge is -2.36. The van der Waals surface area contributed by atoms with Crippen molar-refractivity contribution in [3.8, 4) is 0 Å². The maximum Gasteiger partial charge on any atom is 0.407 e. The van der Waals surface area contributed by atoms with Crippen molar-refractivity contribution in [2.45, 2.75) is 19.0 Å². The lowest BCUT2D eigenvalue weighted by Crippen LogP contribution is -2.48. The Bertz CT molecular complexity index is 490. The van der Waals surface area contributed by atoms with Crippen LogP contribution in [0.2, 0.25) is 0 Å². The molecule has 2 aliphatic rings. The van der Waals surface area contributed by atoms with Crippen LogP contribution in [-0.2, 0) is 13.0 Å². The third-order valence-corrected chi connectivity index (χ3v) is 4.02. The Morgan fingerprint density at radius 2 is 2.21 bits per heavy atom. The van der Waals surface area contributed by atoms with Gasteiger partial charge in [-0.3, -0.25) is 4.90 Å². The van der Waals surface area contributed by atoms with Gasteiger partial charge >= 0.3 is 6.09 Å². The van der Waals surface area contributed by atoms with E-state index in [2.05, 4.69) is 22.8 Å². The molecule has 0 bridgehead atoms. The Morgan fingerprint density at radius 1 is 1.32 bits per heavy atom. The van der Waals surface area contributed by atoms with Crippen molar-refractivity contribution in [1.82, 2.24) is 15.5 Å². The highest BCUT2D eigenvalue weighted by Crippen LogP contribution is 2.29. The van der Waals surface area contributed by atoms with Crippen molar-refractivity contribution in [3.63, 3.8) is 0 Å². The summed E-state index contributed by atoms with van der Waals surface area (Å²) < 4.78 is 0. The fourth-order valence-corrected chi connectivity index (χ4v) is 3.08. The molecule has 19 heavy (non-hydrogen) atoms. The zero-order chi connectivity index (χ0) is 13.2. The number of benzene rings is 1. The monoisotopic (exact) mass is 261 g/mol. The zero-order valence-corrected chi connectivity index (χ0v) is 10.9. The van der Waals surface area contributed by atoms with Gasteiger partial charge in [-0.15, -0.1) is 0 Å². The number of hydrogen-bond donors (Lipinski definition) is 3. The van der Waals surface area contributed by atoms with Gasteiger partial charge < -0.3 is 15.7 Å². The average Bonchev–Trinajstić information content (AvgIpc) is 2.46. The molecule has 2 aliphatic heterocycles. The maximum atomic E-state index is 11.4. The Hall–Kier alpha value is -1.59. The molecule has 1 saturated heterocycles. The largest absolute Gasteiger partial charge is 0.465 e. The van der Waals surface area contributed by atoms with Crippen LogP contribution < -0.4 is 10.6 Å². The molecule has 0 radical (unpaired) electrons. The summed E-state index contributed by atoms with van der Waals surface area (Å²) in [6, 6.07) is 6.19. The van der Waals surface area contributed by atoms with Crippen molar-refractivity contribution < 1.29 is 9.90 Å². The molecule has 1 unspecified atom stereocenters. The summed E-state index contributed by atoms with van der Waals surface area (Å²) in [5.74, 6) is 0. The van der Waals surface area contributed by atoms with Gasteiger partial charge in [0.2, 0.25) is 0 Å². The number of piperazine rings is 1. The quantitative estimate of drug-likeness (QED) is 0.704. The topological polar surface area (TPSA) is 64.6 Å². The molecule has 5 heteroatoms. The van der Waals surface area contributed by atoms with E-state index >= 15 is 0 Å². The highest BCUT2D eigenvalue weighted by molar-refractivity contribution is 5.66. The van der Waals surface area contributed by atoms with Crippen molar-refractivity contribution in [2.75, 3.05) is 26.2 Å². The summed E-state index contributed by atoms with van der Waals surface area (Å²) in [6.07, 6.45) is 0.160. The van der Waals surface area contributed by atoms with Crippen LogP contribution in [0.25, 0.3) is 0 Å². The molecule has 1 aromatic rings. The second kappa shape index (κ2) is 5.19. The number of carboxylic acid groups (broad SMARTS) is 1. The predicted octanol–water partition coefficient (Wildman–Crippen LogP) is 0.957. The standard InChI is InChI=1S/C14H19N3O2/c18-14(19)17-7-6-16-9-13(17)12-3-1-2-10-8-15-5-4-11(10)12/h1-3,13,15-16H,4-9H2,(H,18,19). The first-order valence-corrected chi connectivity index (χ1v) is 6.79.